The van der Waals surface area contributed by atoms with Crippen molar-refractivity contribution in [2.75, 3.05) is 13.1 Å². The first kappa shape index (κ1) is 25.4. The SMILES string of the molecule is C[C@@H](NCC1CCCC(c2ccc(C(=O)N3C[C@H](O)C[C@H]3C(=O)O)cc2)C1)c1cccc2ccccc12. The highest BCUT2D eigenvalue weighted by molar-refractivity contribution is 5.97. The Kier molecular flexibility index (Phi) is 7.58. The fourth-order valence-corrected chi connectivity index (χ4v) is 6.20. The lowest BCUT2D eigenvalue weighted by atomic mass is 9.77. The minimum atomic E-state index is -1.07. The summed E-state index contributed by atoms with van der Waals surface area (Å²) in [4.78, 5) is 25.7. The van der Waals surface area contributed by atoms with Crippen LogP contribution in [0.4, 0.5) is 0 Å². The van der Waals surface area contributed by atoms with E-state index in [2.05, 4.69) is 54.7 Å². The van der Waals surface area contributed by atoms with E-state index >= 15 is 0 Å². The van der Waals surface area contributed by atoms with E-state index in [0.29, 0.717) is 17.4 Å². The van der Waals surface area contributed by atoms with Gasteiger partial charge in [0.1, 0.15) is 6.04 Å². The average molecular weight is 501 g/mol. The summed E-state index contributed by atoms with van der Waals surface area (Å²) >= 11 is 0. The number of aliphatic hydroxyl groups is 1. The van der Waals surface area contributed by atoms with Gasteiger partial charge in [-0.3, -0.25) is 4.79 Å². The van der Waals surface area contributed by atoms with Gasteiger partial charge in [-0.1, -0.05) is 61.0 Å². The van der Waals surface area contributed by atoms with E-state index in [1.165, 1.54) is 39.6 Å². The van der Waals surface area contributed by atoms with Crippen LogP contribution in [0.5, 0.6) is 0 Å². The third-order valence-corrected chi connectivity index (χ3v) is 8.24. The zero-order chi connectivity index (χ0) is 25.9. The maximum absolute atomic E-state index is 12.9. The van der Waals surface area contributed by atoms with Crippen LogP contribution < -0.4 is 5.32 Å². The Morgan fingerprint density at radius 3 is 2.54 bits per heavy atom. The lowest BCUT2D eigenvalue weighted by Crippen LogP contribution is -2.40. The Morgan fingerprint density at radius 2 is 1.76 bits per heavy atom. The molecule has 2 fully saturated rings. The normalized spacial score (nSPS) is 24.8. The topological polar surface area (TPSA) is 89.9 Å². The molecule has 6 nitrogen and oxygen atoms in total. The lowest BCUT2D eigenvalue weighted by molar-refractivity contribution is -0.141. The number of rotatable bonds is 7. The molecule has 1 aliphatic carbocycles. The Bertz CT molecular complexity index is 1250. The van der Waals surface area contributed by atoms with Gasteiger partial charge in [-0.15, -0.1) is 0 Å². The summed E-state index contributed by atoms with van der Waals surface area (Å²) in [6.45, 7) is 3.28. The van der Waals surface area contributed by atoms with Gasteiger partial charge in [-0.05, 0) is 78.6 Å². The summed E-state index contributed by atoms with van der Waals surface area (Å²) in [5, 5.41) is 25.7. The van der Waals surface area contributed by atoms with E-state index in [9.17, 15) is 19.8 Å². The molecule has 194 valence electrons. The van der Waals surface area contributed by atoms with Crippen molar-refractivity contribution in [3.63, 3.8) is 0 Å². The van der Waals surface area contributed by atoms with Gasteiger partial charge < -0.3 is 20.4 Å². The molecule has 1 heterocycles. The standard InChI is InChI=1S/C31H36N2O4/c1-20(27-11-5-8-23-7-2-3-10-28(23)27)32-18-21-6-4-9-25(16-21)22-12-14-24(15-13-22)30(35)33-19-26(34)17-29(33)31(36)37/h2-3,5,7-8,10-15,20-21,25-26,29,32,34H,4,6,9,16-19H2,1H3,(H,36,37)/t20-,21?,25?,26-,29+/m1/s1. The molecule has 6 heteroatoms. The fourth-order valence-electron chi connectivity index (χ4n) is 6.20. The molecule has 1 saturated carbocycles. The van der Waals surface area contributed by atoms with E-state index in [1.54, 1.807) is 0 Å². The van der Waals surface area contributed by atoms with Gasteiger partial charge in [-0.25, -0.2) is 4.79 Å². The second-order valence-electron chi connectivity index (χ2n) is 10.8. The number of amides is 1. The highest BCUT2D eigenvalue weighted by Gasteiger charge is 2.39. The molecule has 2 unspecified atom stereocenters. The predicted molar refractivity (Wildman–Crippen MR) is 145 cm³/mol. The Balaban J connectivity index is 1.19. The number of carbonyl (C=O) groups is 2. The number of carboxylic acid groups (broad SMARTS) is 1. The molecule has 5 rings (SSSR count). The van der Waals surface area contributed by atoms with Crippen molar-refractivity contribution in [3.8, 4) is 0 Å². The minimum absolute atomic E-state index is 0.0616. The van der Waals surface area contributed by atoms with E-state index in [0.717, 1.165) is 19.4 Å². The van der Waals surface area contributed by atoms with Crippen LogP contribution in [0.3, 0.4) is 0 Å². The Morgan fingerprint density at radius 1 is 1.00 bits per heavy atom. The summed E-state index contributed by atoms with van der Waals surface area (Å²) in [6, 6.07) is 22.0. The number of benzene rings is 3. The third kappa shape index (κ3) is 5.55. The zero-order valence-electron chi connectivity index (χ0n) is 21.3. The quantitative estimate of drug-likeness (QED) is 0.419. The molecule has 3 N–H and O–H groups in total. The largest absolute Gasteiger partial charge is 0.480 e. The van der Waals surface area contributed by atoms with Gasteiger partial charge in [0.25, 0.3) is 5.91 Å². The number of carbonyl (C=O) groups excluding carboxylic acids is 1. The van der Waals surface area contributed by atoms with Crippen LogP contribution in [0.15, 0.2) is 66.7 Å². The first-order chi connectivity index (χ1) is 17.9. The van der Waals surface area contributed by atoms with Crippen molar-refractivity contribution >= 4 is 22.6 Å². The van der Waals surface area contributed by atoms with Crippen LogP contribution >= 0.6 is 0 Å². The van der Waals surface area contributed by atoms with Crippen LogP contribution in [0, 0.1) is 5.92 Å². The van der Waals surface area contributed by atoms with Crippen molar-refractivity contribution in [2.24, 2.45) is 5.92 Å². The van der Waals surface area contributed by atoms with Gasteiger partial charge >= 0.3 is 5.97 Å². The first-order valence-corrected chi connectivity index (χ1v) is 13.4. The number of likely N-dealkylation sites (tertiary alicyclic amines) is 1. The summed E-state index contributed by atoms with van der Waals surface area (Å²) in [5.41, 5.74) is 3.04. The number of carboxylic acids is 1. The van der Waals surface area contributed by atoms with Gasteiger partial charge in [0.15, 0.2) is 0 Å². The second kappa shape index (κ2) is 11.0. The number of aliphatic hydroxyl groups excluding tert-OH is 1. The van der Waals surface area contributed by atoms with Crippen molar-refractivity contribution in [3.05, 3.63) is 83.4 Å². The molecule has 0 radical (unpaired) electrons. The van der Waals surface area contributed by atoms with E-state index in [1.807, 2.05) is 24.3 Å². The minimum Gasteiger partial charge on any atom is -0.480 e. The van der Waals surface area contributed by atoms with Crippen LogP contribution in [0.2, 0.25) is 0 Å². The van der Waals surface area contributed by atoms with Crippen molar-refractivity contribution in [1.29, 1.82) is 0 Å². The molecular weight excluding hydrogens is 464 g/mol. The first-order valence-electron chi connectivity index (χ1n) is 13.4. The van der Waals surface area contributed by atoms with E-state index in [-0.39, 0.29) is 24.9 Å². The second-order valence-corrected chi connectivity index (χ2v) is 10.8. The monoisotopic (exact) mass is 500 g/mol. The molecule has 1 aliphatic heterocycles. The molecule has 1 amide bonds. The third-order valence-electron chi connectivity index (χ3n) is 8.24. The van der Waals surface area contributed by atoms with Gasteiger partial charge in [0.05, 0.1) is 6.10 Å². The molecule has 0 bridgehead atoms. The van der Waals surface area contributed by atoms with Gasteiger partial charge in [0.2, 0.25) is 0 Å². The number of aliphatic carboxylic acids is 1. The van der Waals surface area contributed by atoms with Gasteiger partial charge in [-0.2, -0.15) is 0 Å². The van der Waals surface area contributed by atoms with Gasteiger partial charge in [0, 0.05) is 24.6 Å². The number of nitrogens with zero attached hydrogens (tertiary/aromatic N) is 1. The average Bonchev–Trinajstić information content (AvgIpc) is 3.33. The smallest absolute Gasteiger partial charge is 0.326 e. The van der Waals surface area contributed by atoms with E-state index in [4.69, 9.17) is 0 Å². The summed E-state index contributed by atoms with van der Waals surface area (Å²) in [6.07, 6.45) is 3.95. The molecule has 1 saturated heterocycles. The molecule has 5 atom stereocenters. The Labute approximate surface area is 218 Å². The van der Waals surface area contributed by atoms with Crippen molar-refractivity contribution in [1.82, 2.24) is 10.2 Å². The number of fused-ring (bicyclic) bond motifs is 1. The summed E-state index contributed by atoms with van der Waals surface area (Å²) in [5.74, 6) is -0.348. The predicted octanol–water partition coefficient (Wildman–Crippen LogP) is 5.12. The molecule has 2 aliphatic rings. The molecule has 0 spiro atoms. The highest BCUT2D eigenvalue weighted by atomic mass is 16.4. The molecule has 3 aromatic rings. The van der Waals surface area contributed by atoms with Crippen LogP contribution in [0.1, 0.15) is 72.5 Å². The van der Waals surface area contributed by atoms with Crippen LogP contribution in [-0.4, -0.2) is 52.2 Å². The summed E-state index contributed by atoms with van der Waals surface area (Å²) in [7, 11) is 0. The molecular formula is C31H36N2O4. The zero-order valence-corrected chi connectivity index (χ0v) is 21.3. The maximum atomic E-state index is 12.9. The number of β-amino-alcohol motifs (C(OH)–C–C–N with tert-alkyl or cyclic N) is 1. The molecule has 0 aromatic heterocycles. The lowest BCUT2D eigenvalue weighted by Gasteiger charge is -2.31. The Hall–Kier alpha value is -3.22. The number of hydrogen-bond acceptors (Lipinski definition) is 4. The highest BCUT2D eigenvalue weighted by Crippen LogP contribution is 2.36. The maximum Gasteiger partial charge on any atom is 0.326 e. The van der Waals surface area contributed by atoms with Crippen LogP contribution in [0.25, 0.3) is 10.8 Å². The number of hydrogen-bond donors (Lipinski definition) is 3. The molecule has 37 heavy (non-hydrogen) atoms. The number of nitrogens with one attached hydrogen (secondary N) is 1. The molecule has 3 aromatic carbocycles. The van der Waals surface area contributed by atoms with Crippen molar-refractivity contribution in [2.45, 2.75) is 63.1 Å². The van der Waals surface area contributed by atoms with Crippen LogP contribution in [-0.2, 0) is 4.79 Å². The fraction of sp³-hybridized carbons (Fsp3) is 0.419. The van der Waals surface area contributed by atoms with E-state index < -0.39 is 18.1 Å². The van der Waals surface area contributed by atoms with Crippen molar-refractivity contribution < 1.29 is 19.8 Å². The summed E-state index contributed by atoms with van der Waals surface area (Å²) < 4.78 is 0.